The lowest BCUT2D eigenvalue weighted by Gasteiger charge is -2.00. The Kier molecular flexibility index (Phi) is 8.44. The first-order chi connectivity index (χ1) is 16.6. The van der Waals surface area contributed by atoms with Crippen molar-refractivity contribution in [3.05, 3.63) is 94.2 Å². The van der Waals surface area contributed by atoms with Gasteiger partial charge in [0.05, 0.1) is 0 Å². The van der Waals surface area contributed by atoms with Crippen LogP contribution < -0.4 is 5.32 Å². The topological polar surface area (TPSA) is 91.8 Å². The molecule has 170 valence electrons. The zero-order chi connectivity index (χ0) is 23.8. The molecular weight excluding hydrogens is 508 g/mol. The van der Waals surface area contributed by atoms with Crippen LogP contribution in [0.15, 0.2) is 87.0 Å². The molecular formula is C24H17ClN4O2S3. The molecule has 6 nitrogen and oxygen atoms in total. The number of thioether (sulfide) groups is 2. The van der Waals surface area contributed by atoms with Crippen molar-refractivity contribution < 1.29 is 9.21 Å². The molecule has 1 N–H and O–H groups in total. The van der Waals surface area contributed by atoms with E-state index in [0.717, 1.165) is 28.4 Å². The van der Waals surface area contributed by atoms with E-state index in [1.807, 2.05) is 60.7 Å². The Hall–Kier alpha value is -3.03. The van der Waals surface area contributed by atoms with Crippen LogP contribution >= 0.6 is 46.7 Å². The highest BCUT2D eigenvalue weighted by molar-refractivity contribution is 7.98. The monoisotopic (exact) mass is 524 g/mol. The van der Waals surface area contributed by atoms with E-state index in [1.54, 1.807) is 12.1 Å². The molecule has 0 saturated carbocycles. The van der Waals surface area contributed by atoms with E-state index in [0.29, 0.717) is 31.9 Å². The van der Waals surface area contributed by atoms with Gasteiger partial charge in [-0.2, -0.15) is 14.6 Å². The van der Waals surface area contributed by atoms with E-state index in [-0.39, 0.29) is 5.57 Å². The minimum Gasteiger partial charge on any atom is -0.450 e. The normalized spacial score (nSPS) is 11.2. The first-order valence-corrected chi connectivity index (χ1v) is 13.1. The van der Waals surface area contributed by atoms with E-state index >= 15 is 0 Å². The zero-order valence-electron chi connectivity index (χ0n) is 17.6. The number of rotatable bonds is 9. The molecule has 0 saturated heterocycles. The molecule has 2 aromatic carbocycles. The van der Waals surface area contributed by atoms with Crippen molar-refractivity contribution in [1.29, 1.82) is 5.26 Å². The van der Waals surface area contributed by atoms with E-state index in [9.17, 15) is 10.1 Å². The smallest absolute Gasteiger partial charge is 0.268 e. The molecule has 0 aliphatic rings. The van der Waals surface area contributed by atoms with Crippen LogP contribution in [0.3, 0.4) is 0 Å². The van der Waals surface area contributed by atoms with Crippen molar-refractivity contribution >= 4 is 63.8 Å². The summed E-state index contributed by atoms with van der Waals surface area (Å²) in [5.41, 5.74) is 2.18. The van der Waals surface area contributed by atoms with Gasteiger partial charge in [0.25, 0.3) is 5.91 Å². The van der Waals surface area contributed by atoms with Crippen LogP contribution in [-0.4, -0.2) is 15.3 Å². The lowest BCUT2D eigenvalue weighted by molar-refractivity contribution is -0.112. The Morgan fingerprint density at radius 1 is 1.06 bits per heavy atom. The van der Waals surface area contributed by atoms with Gasteiger partial charge >= 0.3 is 0 Å². The van der Waals surface area contributed by atoms with E-state index in [2.05, 4.69) is 14.7 Å². The van der Waals surface area contributed by atoms with Gasteiger partial charge in [-0.15, -0.1) is 0 Å². The molecule has 10 heteroatoms. The summed E-state index contributed by atoms with van der Waals surface area (Å²) in [7, 11) is 0. The van der Waals surface area contributed by atoms with Gasteiger partial charge in [-0.25, -0.2) is 0 Å². The summed E-state index contributed by atoms with van der Waals surface area (Å²) in [4.78, 5) is 16.9. The number of carbonyl (C=O) groups is 1. The highest BCUT2D eigenvalue weighted by Gasteiger charge is 2.14. The number of hydrogen-bond acceptors (Lipinski definition) is 8. The highest BCUT2D eigenvalue weighted by atomic mass is 35.5. The minimum absolute atomic E-state index is 0.0858. The number of amides is 1. The number of benzene rings is 2. The number of halogens is 1. The molecule has 0 fully saturated rings. The molecule has 34 heavy (non-hydrogen) atoms. The third-order valence-corrected chi connectivity index (χ3v) is 7.28. The number of nitrogens with zero attached hydrogens (tertiary/aromatic N) is 3. The fourth-order valence-electron chi connectivity index (χ4n) is 2.72. The fraction of sp³-hybridized carbons (Fsp3) is 0.0833. The average molecular weight is 525 g/mol. The first-order valence-electron chi connectivity index (χ1n) is 10.00. The maximum absolute atomic E-state index is 12.6. The number of aromatic nitrogens is 2. The van der Waals surface area contributed by atoms with Gasteiger partial charge in [0.2, 0.25) is 10.3 Å². The Balaban J connectivity index is 1.33. The summed E-state index contributed by atoms with van der Waals surface area (Å²) in [5.74, 6) is 1.29. The maximum Gasteiger partial charge on any atom is 0.268 e. The summed E-state index contributed by atoms with van der Waals surface area (Å²) in [6, 6.07) is 23.0. The minimum atomic E-state index is -0.565. The molecule has 2 heterocycles. The Morgan fingerprint density at radius 2 is 1.79 bits per heavy atom. The summed E-state index contributed by atoms with van der Waals surface area (Å²) in [5, 5.41) is 14.4. The van der Waals surface area contributed by atoms with Crippen molar-refractivity contribution in [2.75, 3.05) is 5.32 Å². The molecule has 4 rings (SSSR count). The van der Waals surface area contributed by atoms with Crippen molar-refractivity contribution in [2.45, 2.75) is 21.8 Å². The number of carbonyl (C=O) groups excluding carboxylic acids is 1. The number of nitrogens with one attached hydrogen (secondary N) is 1. The molecule has 0 spiro atoms. The molecule has 0 aliphatic heterocycles. The van der Waals surface area contributed by atoms with Crippen LogP contribution in [0.1, 0.15) is 16.9 Å². The Labute approximate surface area is 214 Å². The van der Waals surface area contributed by atoms with Crippen LogP contribution in [0.25, 0.3) is 6.08 Å². The average Bonchev–Trinajstić information content (AvgIpc) is 3.50. The summed E-state index contributed by atoms with van der Waals surface area (Å²) in [6.45, 7) is 0. The highest BCUT2D eigenvalue weighted by Crippen LogP contribution is 2.27. The van der Waals surface area contributed by atoms with Crippen molar-refractivity contribution in [3.63, 3.8) is 0 Å². The summed E-state index contributed by atoms with van der Waals surface area (Å²) >= 11 is 9.97. The van der Waals surface area contributed by atoms with Gasteiger partial charge in [0.15, 0.2) is 5.09 Å². The first kappa shape index (κ1) is 24.1. The largest absolute Gasteiger partial charge is 0.450 e. The SMILES string of the molecule is N#C/C(=C/c1ccc(SCc2ccc(Cl)cc2)o1)C(=O)Nc1nc(SCc2ccccc2)ns1. The van der Waals surface area contributed by atoms with Crippen molar-refractivity contribution in [3.8, 4) is 6.07 Å². The van der Waals surface area contributed by atoms with Gasteiger partial charge in [-0.1, -0.05) is 77.6 Å². The van der Waals surface area contributed by atoms with Gasteiger partial charge in [0.1, 0.15) is 17.4 Å². The molecule has 0 atom stereocenters. The molecule has 0 radical (unpaired) electrons. The predicted octanol–water partition coefficient (Wildman–Crippen LogP) is 6.91. The third-order valence-electron chi connectivity index (χ3n) is 4.39. The standard InChI is InChI=1S/C24H17ClN4O2S3/c25-19-8-6-17(7-9-19)14-32-21-11-10-20(31-21)12-18(13-26)22(30)27-23-28-24(29-34-23)33-15-16-4-2-1-3-5-16/h1-12H,14-15H2,(H,27,28,29,30)/b18-12-. The van der Waals surface area contributed by atoms with E-state index < -0.39 is 5.91 Å². The van der Waals surface area contributed by atoms with Crippen molar-refractivity contribution in [2.24, 2.45) is 0 Å². The lowest BCUT2D eigenvalue weighted by Crippen LogP contribution is -2.13. The summed E-state index contributed by atoms with van der Waals surface area (Å²) in [6.07, 6.45) is 1.41. The van der Waals surface area contributed by atoms with Crippen LogP contribution in [0, 0.1) is 11.3 Å². The second kappa shape index (κ2) is 11.9. The number of nitriles is 1. The molecule has 2 aromatic heterocycles. The Morgan fingerprint density at radius 3 is 2.56 bits per heavy atom. The second-order valence-corrected chi connectivity index (χ2v) is 9.96. The number of hydrogen-bond donors (Lipinski definition) is 1. The van der Waals surface area contributed by atoms with Gasteiger partial charge < -0.3 is 4.42 Å². The molecule has 1 amide bonds. The predicted molar refractivity (Wildman–Crippen MR) is 138 cm³/mol. The third kappa shape index (κ3) is 6.98. The van der Waals surface area contributed by atoms with Crippen LogP contribution in [0.2, 0.25) is 5.02 Å². The quantitative estimate of drug-likeness (QED) is 0.144. The summed E-state index contributed by atoms with van der Waals surface area (Å²) < 4.78 is 10.00. The number of anilines is 1. The zero-order valence-corrected chi connectivity index (χ0v) is 20.8. The van der Waals surface area contributed by atoms with Gasteiger partial charge in [-0.05, 0) is 35.4 Å². The second-order valence-electron chi connectivity index (χ2n) is 6.85. The Bertz CT molecular complexity index is 1330. The van der Waals surface area contributed by atoms with Crippen LogP contribution in [0.5, 0.6) is 0 Å². The molecule has 4 aromatic rings. The van der Waals surface area contributed by atoms with E-state index in [4.69, 9.17) is 16.0 Å². The van der Waals surface area contributed by atoms with Crippen molar-refractivity contribution in [1.82, 2.24) is 9.36 Å². The fourth-order valence-corrected chi connectivity index (χ4v) is 5.16. The maximum atomic E-state index is 12.6. The van der Waals surface area contributed by atoms with Crippen LogP contribution in [0.4, 0.5) is 5.13 Å². The number of furan rings is 1. The molecule has 0 unspecified atom stereocenters. The lowest BCUT2D eigenvalue weighted by atomic mass is 10.2. The van der Waals surface area contributed by atoms with Crippen LogP contribution in [-0.2, 0) is 16.3 Å². The van der Waals surface area contributed by atoms with Gasteiger partial charge in [0, 0.05) is 34.1 Å². The van der Waals surface area contributed by atoms with Gasteiger partial charge in [-0.3, -0.25) is 10.1 Å². The van der Waals surface area contributed by atoms with E-state index in [1.165, 1.54) is 29.6 Å². The molecule has 0 bridgehead atoms. The molecule has 0 aliphatic carbocycles.